The quantitative estimate of drug-likeness (QED) is 0.942. The van der Waals surface area contributed by atoms with E-state index in [4.69, 9.17) is 0 Å². The first-order valence-corrected chi connectivity index (χ1v) is 7.62. The summed E-state index contributed by atoms with van der Waals surface area (Å²) in [5, 5.41) is 15.0. The summed E-state index contributed by atoms with van der Waals surface area (Å²) < 4.78 is 40.2. The first-order chi connectivity index (χ1) is 11.0. The summed E-state index contributed by atoms with van der Waals surface area (Å²) in [6, 6.07) is 5.08. The van der Waals surface area contributed by atoms with Crippen molar-refractivity contribution >= 4 is 0 Å². The number of nitrogens with zero attached hydrogens (tertiary/aromatic N) is 4. The molecule has 1 aromatic heterocycles. The third-order valence-corrected chi connectivity index (χ3v) is 4.50. The van der Waals surface area contributed by atoms with Gasteiger partial charge in [0.2, 0.25) is 0 Å². The zero-order valence-electron chi connectivity index (χ0n) is 12.8. The number of hydrogen-bond donors (Lipinski definition) is 1. The van der Waals surface area contributed by atoms with E-state index in [1.54, 1.807) is 6.07 Å². The molecule has 0 saturated heterocycles. The number of nitrogens with one attached hydrogen (secondary N) is 1. The first kappa shape index (κ1) is 15.9. The minimum Gasteiger partial charge on any atom is -0.308 e. The molecule has 5 nitrogen and oxygen atoms in total. The second kappa shape index (κ2) is 5.92. The van der Waals surface area contributed by atoms with Crippen LogP contribution >= 0.6 is 0 Å². The predicted molar refractivity (Wildman–Crippen MR) is 78.0 cm³/mol. The summed E-state index contributed by atoms with van der Waals surface area (Å²) in [6.45, 7) is 0. The molecular weight excluding hydrogens is 307 g/mol. The van der Waals surface area contributed by atoms with E-state index < -0.39 is 17.3 Å². The van der Waals surface area contributed by atoms with Crippen LogP contribution in [0.4, 0.5) is 13.2 Å². The van der Waals surface area contributed by atoms with Crippen molar-refractivity contribution in [3.05, 3.63) is 35.7 Å². The summed E-state index contributed by atoms with van der Waals surface area (Å²) in [5.74, 6) is 0.569. The van der Waals surface area contributed by atoms with Gasteiger partial charge in [0.05, 0.1) is 16.8 Å². The standard InChI is InChI=1S/C15H18F3N5/c1-19-14(8-3-2-4-9-14)13-20-21-22-23(13)12-7-5-6-11(10-12)15(16,17)18/h5-7,10,19H,2-4,8-9H2,1H3. The van der Waals surface area contributed by atoms with Gasteiger partial charge in [-0.05, 0) is 48.5 Å². The molecule has 1 heterocycles. The van der Waals surface area contributed by atoms with E-state index in [2.05, 4.69) is 20.8 Å². The molecule has 2 aromatic rings. The van der Waals surface area contributed by atoms with E-state index in [1.807, 2.05) is 7.05 Å². The fourth-order valence-corrected chi connectivity index (χ4v) is 3.21. The molecule has 1 N–H and O–H groups in total. The Labute approximate surface area is 131 Å². The molecule has 1 aliphatic carbocycles. The highest BCUT2D eigenvalue weighted by atomic mass is 19.4. The lowest BCUT2D eigenvalue weighted by Crippen LogP contribution is -2.44. The Balaban J connectivity index is 2.04. The molecular formula is C15H18F3N5. The Morgan fingerprint density at radius 2 is 1.91 bits per heavy atom. The van der Waals surface area contributed by atoms with Crippen molar-refractivity contribution in [1.29, 1.82) is 0 Å². The maximum Gasteiger partial charge on any atom is 0.416 e. The minimum atomic E-state index is -4.39. The number of benzene rings is 1. The lowest BCUT2D eigenvalue weighted by atomic mass is 9.81. The fraction of sp³-hybridized carbons (Fsp3) is 0.533. The number of rotatable bonds is 3. The van der Waals surface area contributed by atoms with Gasteiger partial charge in [-0.1, -0.05) is 25.3 Å². The van der Waals surface area contributed by atoms with Gasteiger partial charge in [-0.25, -0.2) is 0 Å². The monoisotopic (exact) mass is 325 g/mol. The molecule has 23 heavy (non-hydrogen) atoms. The molecule has 0 unspecified atom stereocenters. The third-order valence-electron chi connectivity index (χ3n) is 4.50. The molecule has 0 bridgehead atoms. The van der Waals surface area contributed by atoms with Crippen LogP contribution in [0.5, 0.6) is 0 Å². The molecule has 0 spiro atoms. The molecule has 0 radical (unpaired) electrons. The lowest BCUT2D eigenvalue weighted by Gasteiger charge is -2.35. The second-order valence-corrected chi connectivity index (χ2v) is 5.86. The van der Waals surface area contributed by atoms with Crippen LogP contribution in [0.25, 0.3) is 5.69 Å². The number of aromatic nitrogens is 4. The highest BCUT2D eigenvalue weighted by Crippen LogP contribution is 2.37. The van der Waals surface area contributed by atoms with Crippen LogP contribution in [0.2, 0.25) is 0 Å². The van der Waals surface area contributed by atoms with E-state index in [9.17, 15) is 13.2 Å². The summed E-state index contributed by atoms with van der Waals surface area (Å²) in [4.78, 5) is 0. The van der Waals surface area contributed by atoms with Gasteiger partial charge < -0.3 is 5.32 Å². The highest BCUT2D eigenvalue weighted by molar-refractivity contribution is 5.37. The van der Waals surface area contributed by atoms with Crippen molar-refractivity contribution < 1.29 is 13.2 Å². The average Bonchev–Trinajstić information content (AvgIpc) is 3.05. The second-order valence-electron chi connectivity index (χ2n) is 5.86. The minimum absolute atomic E-state index is 0.319. The zero-order chi connectivity index (χ0) is 16.5. The van der Waals surface area contributed by atoms with E-state index in [-0.39, 0.29) is 0 Å². The number of hydrogen-bond acceptors (Lipinski definition) is 4. The van der Waals surface area contributed by atoms with E-state index >= 15 is 0 Å². The third kappa shape index (κ3) is 2.95. The Bertz CT molecular complexity index is 674. The smallest absolute Gasteiger partial charge is 0.308 e. The van der Waals surface area contributed by atoms with Gasteiger partial charge in [0.25, 0.3) is 0 Å². The van der Waals surface area contributed by atoms with E-state index in [0.29, 0.717) is 11.5 Å². The largest absolute Gasteiger partial charge is 0.416 e. The molecule has 3 rings (SSSR count). The van der Waals surface area contributed by atoms with Gasteiger partial charge in [-0.2, -0.15) is 17.9 Å². The highest BCUT2D eigenvalue weighted by Gasteiger charge is 2.38. The Kier molecular flexibility index (Phi) is 4.09. The van der Waals surface area contributed by atoms with Crippen LogP contribution < -0.4 is 5.32 Å². The molecule has 0 aliphatic heterocycles. The molecule has 1 fully saturated rings. The summed E-state index contributed by atoms with van der Waals surface area (Å²) in [6.07, 6.45) is 0.558. The summed E-state index contributed by atoms with van der Waals surface area (Å²) in [5.41, 5.74) is -0.783. The van der Waals surface area contributed by atoms with Crippen LogP contribution in [0.1, 0.15) is 43.5 Å². The summed E-state index contributed by atoms with van der Waals surface area (Å²) >= 11 is 0. The fourth-order valence-electron chi connectivity index (χ4n) is 3.21. The normalized spacial score (nSPS) is 18.1. The molecule has 0 atom stereocenters. The Hall–Kier alpha value is -1.96. The van der Waals surface area contributed by atoms with Gasteiger partial charge in [-0.3, -0.25) is 0 Å². The average molecular weight is 325 g/mol. The number of halogens is 3. The van der Waals surface area contributed by atoms with Crippen molar-refractivity contribution in [2.75, 3.05) is 7.05 Å². The van der Waals surface area contributed by atoms with Crippen molar-refractivity contribution in [3.63, 3.8) is 0 Å². The number of alkyl halides is 3. The maximum atomic E-state index is 12.9. The van der Waals surface area contributed by atoms with E-state index in [0.717, 1.165) is 44.2 Å². The van der Waals surface area contributed by atoms with Crippen LogP contribution in [0.15, 0.2) is 24.3 Å². The predicted octanol–water partition coefficient (Wildman–Crippen LogP) is 3.06. The molecule has 1 aliphatic rings. The van der Waals surface area contributed by atoms with Gasteiger partial charge >= 0.3 is 6.18 Å². The first-order valence-electron chi connectivity index (χ1n) is 7.62. The van der Waals surface area contributed by atoms with Crippen molar-refractivity contribution in [1.82, 2.24) is 25.5 Å². The topological polar surface area (TPSA) is 55.6 Å². The van der Waals surface area contributed by atoms with Crippen molar-refractivity contribution in [2.45, 2.75) is 43.8 Å². The van der Waals surface area contributed by atoms with Gasteiger partial charge in [0.15, 0.2) is 5.82 Å². The van der Waals surface area contributed by atoms with Gasteiger partial charge in [-0.15, -0.1) is 5.10 Å². The lowest BCUT2D eigenvalue weighted by molar-refractivity contribution is -0.137. The Morgan fingerprint density at radius 3 is 2.57 bits per heavy atom. The van der Waals surface area contributed by atoms with Crippen molar-refractivity contribution in [3.8, 4) is 5.69 Å². The van der Waals surface area contributed by atoms with E-state index in [1.165, 1.54) is 10.7 Å². The number of tetrazole rings is 1. The SMILES string of the molecule is CNC1(c2nnnn2-c2cccc(C(F)(F)F)c2)CCCCC1. The summed E-state index contributed by atoms with van der Waals surface area (Å²) in [7, 11) is 1.84. The maximum absolute atomic E-state index is 12.9. The van der Waals surface area contributed by atoms with Crippen LogP contribution in [-0.4, -0.2) is 27.3 Å². The molecule has 8 heteroatoms. The van der Waals surface area contributed by atoms with Crippen LogP contribution in [0, 0.1) is 0 Å². The van der Waals surface area contributed by atoms with Gasteiger partial charge in [0.1, 0.15) is 0 Å². The van der Waals surface area contributed by atoms with Gasteiger partial charge in [0, 0.05) is 0 Å². The van der Waals surface area contributed by atoms with Crippen molar-refractivity contribution in [2.24, 2.45) is 0 Å². The Morgan fingerprint density at radius 1 is 1.17 bits per heavy atom. The molecule has 124 valence electrons. The van der Waals surface area contributed by atoms with Crippen LogP contribution in [-0.2, 0) is 11.7 Å². The molecule has 1 saturated carbocycles. The molecule has 1 aromatic carbocycles. The molecule has 0 amide bonds. The zero-order valence-corrected chi connectivity index (χ0v) is 12.8. The van der Waals surface area contributed by atoms with Crippen LogP contribution in [0.3, 0.4) is 0 Å².